The first-order valence-corrected chi connectivity index (χ1v) is 9.04. The second-order valence-electron chi connectivity index (χ2n) is 6.53. The molecule has 5 nitrogen and oxygen atoms in total. The van der Waals surface area contributed by atoms with E-state index >= 15 is 0 Å². The number of halogens is 2. The maximum absolute atomic E-state index is 13.8. The molecule has 26 heavy (non-hydrogen) atoms. The number of amides is 1. The van der Waals surface area contributed by atoms with Crippen LogP contribution < -0.4 is 4.74 Å². The molecule has 7 heteroatoms. The van der Waals surface area contributed by atoms with Gasteiger partial charge in [-0.15, -0.1) is 5.10 Å². The van der Waals surface area contributed by atoms with Crippen molar-refractivity contribution in [1.82, 2.24) is 15.1 Å². The number of hydrogen-bond acceptors (Lipinski definition) is 4. The highest BCUT2D eigenvalue weighted by Crippen LogP contribution is 2.23. The second-order valence-corrected chi connectivity index (χ2v) is 6.93. The summed E-state index contributed by atoms with van der Waals surface area (Å²) in [7, 11) is 0. The fourth-order valence-electron chi connectivity index (χ4n) is 2.98. The molecule has 0 radical (unpaired) electrons. The summed E-state index contributed by atoms with van der Waals surface area (Å²) in [6, 6.07) is 8.13. The van der Waals surface area contributed by atoms with E-state index in [1.54, 1.807) is 17.0 Å². The summed E-state index contributed by atoms with van der Waals surface area (Å²) in [4.78, 5) is 14.2. The van der Waals surface area contributed by atoms with Crippen molar-refractivity contribution in [3.63, 3.8) is 0 Å². The zero-order valence-electron chi connectivity index (χ0n) is 14.6. The van der Waals surface area contributed by atoms with Crippen molar-refractivity contribution in [1.29, 1.82) is 0 Å². The Kier molecular flexibility index (Phi) is 6.04. The highest BCUT2D eigenvalue weighted by Gasteiger charge is 2.24. The van der Waals surface area contributed by atoms with Crippen molar-refractivity contribution >= 4 is 17.5 Å². The number of nitrogens with zero attached hydrogens (tertiary/aromatic N) is 3. The fraction of sp³-hybridized carbons (Fsp3) is 0.421. The summed E-state index contributed by atoms with van der Waals surface area (Å²) in [5.74, 6) is 0.344. The molecular weight excluding hydrogens is 357 g/mol. The minimum Gasteiger partial charge on any atom is -0.476 e. The third kappa shape index (κ3) is 4.69. The first-order valence-electron chi connectivity index (χ1n) is 8.66. The van der Waals surface area contributed by atoms with Gasteiger partial charge in [0.15, 0.2) is 0 Å². The summed E-state index contributed by atoms with van der Waals surface area (Å²) in [6.07, 6.45) is 1.68. The SMILES string of the molecule is Cc1ccc(OCC2CCN(C(=O)Cc3c(F)cccc3Cl)CC2)nn1. The Labute approximate surface area is 157 Å². The van der Waals surface area contributed by atoms with Gasteiger partial charge in [-0.3, -0.25) is 4.79 Å². The molecule has 1 aromatic heterocycles. The van der Waals surface area contributed by atoms with Crippen LogP contribution in [0.5, 0.6) is 5.88 Å². The van der Waals surface area contributed by atoms with E-state index in [-0.39, 0.29) is 17.9 Å². The standard InChI is InChI=1S/C19H21ClFN3O2/c1-13-5-6-18(23-22-13)26-12-14-7-9-24(10-8-14)19(25)11-15-16(20)3-2-4-17(15)21/h2-6,14H,7-12H2,1H3. The number of carbonyl (C=O) groups is 1. The van der Waals surface area contributed by atoms with Crippen molar-refractivity contribution in [3.05, 3.63) is 52.4 Å². The number of ether oxygens (including phenoxy) is 1. The number of carbonyl (C=O) groups excluding carboxylic acids is 1. The molecule has 0 saturated carbocycles. The lowest BCUT2D eigenvalue weighted by Gasteiger charge is -2.32. The van der Waals surface area contributed by atoms with Crippen LogP contribution in [-0.4, -0.2) is 40.7 Å². The van der Waals surface area contributed by atoms with E-state index in [0.717, 1.165) is 18.5 Å². The first-order chi connectivity index (χ1) is 12.5. The lowest BCUT2D eigenvalue weighted by Crippen LogP contribution is -2.40. The van der Waals surface area contributed by atoms with Crippen LogP contribution in [0.1, 0.15) is 24.1 Å². The molecule has 2 aromatic rings. The number of piperidine rings is 1. The fourth-order valence-corrected chi connectivity index (χ4v) is 3.21. The van der Waals surface area contributed by atoms with Crippen LogP contribution in [0, 0.1) is 18.7 Å². The van der Waals surface area contributed by atoms with Gasteiger partial charge in [-0.25, -0.2) is 4.39 Å². The van der Waals surface area contributed by atoms with E-state index in [9.17, 15) is 9.18 Å². The van der Waals surface area contributed by atoms with Crippen molar-refractivity contribution in [2.45, 2.75) is 26.2 Å². The first kappa shape index (κ1) is 18.6. The van der Waals surface area contributed by atoms with Gasteiger partial charge in [-0.2, -0.15) is 5.10 Å². The van der Waals surface area contributed by atoms with E-state index in [4.69, 9.17) is 16.3 Å². The Bertz CT molecular complexity index is 742. The summed E-state index contributed by atoms with van der Waals surface area (Å²) in [5, 5.41) is 8.24. The minimum atomic E-state index is -0.437. The number of likely N-dealkylation sites (tertiary alicyclic amines) is 1. The summed E-state index contributed by atoms with van der Waals surface area (Å²) in [5.41, 5.74) is 1.11. The number of rotatable bonds is 5. The molecule has 0 N–H and O–H groups in total. The summed E-state index contributed by atoms with van der Waals surface area (Å²) in [6.45, 7) is 3.70. The van der Waals surface area contributed by atoms with Crippen LogP contribution in [0.3, 0.4) is 0 Å². The van der Waals surface area contributed by atoms with E-state index in [2.05, 4.69) is 10.2 Å². The van der Waals surface area contributed by atoms with Gasteiger partial charge in [-0.05, 0) is 43.9 Å². The van der Waals surface area contributed by atoms with Gasteiger partial charge in [0, 0.05) is 29.7 Å². The number of benzene rings is 1. The van der Waals surface area contributed by atoms with Gasteiger partial charge < -0.3 is 9.64 Å². The molecular formula is C19H21ClFN3O2. The van der Waals surface area contributed by atoms with Gasteiger partial charge in [-0.1, -0.05) is 17.7 Å². The Balaban J connectivity index is 1.47. The van der Waals surface area contributed by atoms with E-state index in [1.807, 2.05) is 13.0 Å². The third-order valence-corrected chi connectivity index (χ3v) is 4.95. The van der Waals surface area contributed by atoms with Crippen molar-refractivity contribution in [2.24, 2.45) is 5.92 Å². The van der Waals surface area contributed by atoms with Gasteiger partial charge >= 0.3 is 0 Å². The average Bonchev–Trinajstić information content (AvgIpc) is 2.65. The van der Waals surface area contributed by atoms with Crippen LogP contribution in [0.25, 0.3) is 0 Å². The Morgan fingerprint density at radius 3 is 2.69 bits per heavy atom. The number of aromatic nitrogens is 2. The van der Waals surface area contributed by atoms with E-state index < -0.39 is 5.82 Å². The maximum Gasteiger partial charge on any atom is 0.233 e. The van der Waals surface area contributed by atoms with Gasteiger partial charge in [0.25, 0.3) is 0 Å². The molecule has 0 unspecified atom stereocenters. The van der Waals surface area contributed by atoms with Gasteiger partial charge in [0.2, 0.25) is 11.8 Å². The number of hydrogen-bond donors (Lipinski definition) is 0. The molecule has 1 aliphatic rings. The molecule has 1 aliphatic heterocycles. The minimum absolute atomic E-state index is 0.00830. The Morgan fingerprint density at radius 1 is 1.27 bits per heavy atom. The highest BCUT2D eigenvalue weighted by atomic mass is 35.5. The molecule has 1 amide bonds. The third-order valence-electron chi connectivity index (χ3n) is 4.60. The lowest BCUT2D eigenvalue weighted by atomic mass is 9.97. The quantitative estimate of drug-likeness (QED) is 0.801. The molecule has 1 saturated heterocycles. The molecule has 0 atom stereocenters. The lowest BCUT2D eigenvalue weighted by molar-refractivity contribution is -0.132. The van der Waals surface area contributed by atoms with Gasteiger partial charge in [0.05, 0.1) is 18.7 Å². The van der Waals surface area contributed by atoms with Crippen LogP contribution in [0.4, 0.5) is 4.39 Å². The molecule has 0 spiro atoms. The maximum atomic E-state index is 13.8. The van der Waals surface area contributed by atoms with Crippen LogP contribution >= 0.6 is 11.6 Å². The highest BCUT2D eigenvalue weighted by molar-refractivity contribution is 6.31. The Hall–Kier alpha value is -2.21. The second kappa shape index (κ2) is 8.45. The Morgan fingerprint density at radius 2 is 2.04 bits per heavy atom. The van der Waals surface area contributed by atoms with Crippen molar-refractivity contribution in [2.75, 3.05) is 19.7 Å². The predicted octanol–water partition coefficient (Wildman–Crippen LogP) is 3.44. The molecule has 1 fully saturated rings. The van der Waals surface area contributed by atoms with E-state index in [1.165, 1.54) is 12.1 Å². The molecule has 1 aromatic carbocycles. The average molecular weight is 378 g/mol. The molecule has 138 valence electrons. The monoisotopic (exact) mass is 377 g/mol. The topological polar surface area (TPSA) is 55.3 Å². The predicted molar refractivity (Wildman–Crippen MR) is 96.7 cm³/mol. The normalized spacial score (nSPS) is 15.1. The summed E-state index contributed by atoms with van der Waals surface area (Å²) < 4.78 is 19.5. The molecule has 3 rings (SSSR count). The smallest absolute Gasteiger partial charge is 0.233 e. The molecule has 0 bridgehead atoms. The van der Waals surface area contributed by atoms with Crippen LogP contribution in [0.15, 0.2) is 30.3 Å². The van der Waals surface area contributed by atoms with Crippen LogP contribution in [-0.2, 0) is 11.2 Å². The molecule has 2 heterocycles. The van der Waals surface area contributed by atoms with Crippen LogP contribution in [0.2, 0.25) is 5.02 Å². The van der Waals surface area contributed by atoms with E-state index in [0.29, 0.717) is 36.5 Å². The molecule has 0 aliphatic carbocycles. The summed E-state index contributed by atoms with van der Waals surface area (Å²) >= 11 is 6.01. The van der Waals surface area contributed by atoms with Crippen molar-refractivity contribution in [3.8, 4) is 5.88 Å². The zero-order valence-corrected chi connectivity index (χ0v) is 15.4. The largest absolute Gasteiger partial charge is 0.476 e. The number of aryl methyl sites for hydroxylation is 1. The van der Waals surface area contributed by atoms with Crippen molar-refractivity contribution < 1.29 is 13.9 Å². The zero-order chi connectivity index (χ0) is 18.5. The van der Waals surface area contributed by atoms with Gasteiger partial charge in [0.1, 0.15) is 5.82 Å².